The van der Waals surface area contributed by atoms with Crippen molar-refractivity contribution < 1.29 is 8.76 Å². The molecule has 2 rings (SSSR count). The van der Waals surface area contributed by atoms with Gasteiger partial charge in [-0.25, -0.2) is 0 Å². The van der Waals surface area contributed by atoms with Crippen molar-refractivity contribution in [2.24, 2.45) is 0 Å². The van der Waals surface area contributed by atoms with Crippen molar-refractivity contribution in [1.82, 2.24) is 0 Å². The third-order valence-corrected chi connectivity index (χ3v) is 2.93. The van der Waals surface area contributed by atoms with Crippen molar-refractivity contribution >= 4 is 33.5 Å². The summed E-state index contributed by atoms with van der Waals surface area (Å²) >= 11 is 3.59. The number of rotatable bonds is 1. The molecule has 1 unspecified atom stereocenters. The van der Waals surface area contributed by atoms with Crippen molar-refractivity contribution in [3.8, 4) is 0 Å². The summed E-state index contributed by atoms with van der Waals surface area (Å²) in [7, 11) is 0. The van der Waals surface area contributed by atoms with E-state index in [-0.39, 0.29) is 0 Å². The zero-order valence-electron chi connectivity index (χ0n) is 7.07. The number of benzene rings is 2. The first-order valence-corrected chi connectivity index (χ1v) is 5.41. The molecule has 2 aromatic carbocycles. The van der Waals surface area contributed by atoms with Crippen LogP contribution in [0.15, 0.2) is 41.3 Å². The monoisotopic (exact) mass is 225 g/mol. The molecule has 0 aliphatic carbocycles. The van der Waals surface area contributed by atoms with E-state index in [1.54, 1.807) is 30.3 Å². The molecule has 0 aromatic heterocycles. The maximum atomic E-state index is 10.9. The molecule has 0 fully saturated rings. The van der Waals surface area contributed by atoms with Crippen LogP contribution in [0.25, 0.3) is 10.8 Å². The van der Waals surface area contributed by atoms with Gasteiger partial charge in [0.05, 0.1) is 0 Å². The predicted molar refractivity (Wildman–Crippen MR) is 56.1 cm³/mol. The second-order valence-electron chi connectivity index (χ2n) is 2.86. The Morgan fingerprint density at radius 3 is 2.71 bits per heavy atom. The molecule has 72 valence electrons. The van der Waals surface area contributed by atoms with E-state index in [2.05, 4.69) is 0 Å². The minimum absolute atomic E-state index is 0.305. The van der Waals surface area contributed by atoms with E-state index in [4.69, 9.17) is 11.6 Å². The molecule has 0 amide bonds. The maximum absolute atomic E-state index is 10.9. The van der Waals surface area contributed by atoms with Crippen LogP contribution in [-0.2, 0) is 11.1 Å². The third-order valence-electron chi connectivity index (χ3n) is 1.98. The molecule has 14 heavy (non-hydrogen) atoms. The van der Waals surface area contributed by atoms with Gasteiger partial charge in [0, 0.05) is 9.92 Å². The topological polar surface area (TPSA) is 40.1 Å². The Bertz CT molecular complexity index is 510. The Morgan fingerprint density at radius 1 is 1.21 bits per heavy atom. The van der Waals surface area contributed by atoms with Crippen LogP contribution in [0.4, 0.5) is 0 Å². The Labute approximate surface area is 88.8 Å². The summed E-state index contributed by atoms with van der Waals surface area (Å²) in [6.45, 7) is 0. The largest absolute Gasteiger partial charge is 0.768 e. The van der Waals surface area contributed by atoms with E-state index in [1.165, 1.54) is 0 Å². The number of fused-ring (bicyclic) bond motifs is 1. The fourth-order valence-electron chi connectivity index (χ4n) is 1.37. The van der Waals surface area contributed by atoms with E-state index in [0.29, 0.717) is 15.3 Å². The molecule has 0 aliphatic heterocycles. The summed E-state index contributed by atoms with van der Waals surface area (Å²) in [5.41, 5.74) is 0. The third kappa shape index (κ3) is 1.66. The summed E-state index contributed by atoms with van der Waals surface area (Å²) in [6.07, 6.45) is 0. The lowest BCUT2D eigenvalue weighted by Crippen LogP contribution is -1.89. The van der Waals surface area contributed by atoms with Gasteiger partial charge >= 0.3 is 0 Å². The molecule has 0 bridgehead atoms. The number of hydrogen-bond acceptors (Lipinski definition) is 2. The molecule has 0 saturated carbocycles. The van der Waals surface area contributed by atoms with Gasteiger partial charge < -0.3 is 4.55 Å². The van der Waals surface area contributed by atoms with Crippen molar-refractivity contribution in [1.29, 1.82) is 0 Å². The zero-order valence-corrected chi connectivity index (χ0v) is 8.64. The highest BCUT2D eigenvalue weighted by molar-refractivity contribution is 7.79. The average molecular weight is 226 g/mol. The van der Waals surface area contributed by atoms with Crippen LogP contribution in [0.1, 0.15) is 0 Å². The molecule has 0 radical (unpaired) electrons. The Morgan fingerprint density at radius 2 is 2.00 bits per heavy atom. The lowest BCUT2D eigenvalue weighted by atomic mass is 10.1. The highest BCUT2D eigenvalue weighted by Gasteiger charge is 2.00. The summed E-state index contributed by atoms with van der Waals surface area (Å²) in [5.74, 6) is 0. The van der Waals surface area contributed by atoms with Crippen LogP contribution in [0, 0.1) is 0 Å². The average Bonchev–Trinajstić information content (AvgIpc) is 2.16. The maximum Gasteiger partial charge on any atom is 0.0412 e. The highest BCUT2D eigenvalue weighted by atomic mass is 35.5. The van der Waals surface area contributed by atoms with E-state index in [0.717, 1.165) is 5.39 Å². The Balaban J connectivity index is 2.81. The van der Waals surface area contributed by atoms with Gasteiger partial charge in [-0.3, -0.25) is 4.21 Å². The van der Waals surface area contributed by atoms with Crippen molar-refractivity contribution in [3.63, 3.8) is 0 Å². The number of hydrogen-bond donors (Lipinski definition) is 0. The van der Waals surface area contributed by atoms with Gasteiger partial charge in [0.15, 0.2) is 0 Å². The second kappa shape index (κ2) is 3.69. The van der Waals surface area contributed by atoms with Crippen LogP contribution >= 0.6 is 11.6 Å². The van der Waals surface area contributed by atoms with Gasteiger partial charge in [-0.05, 0) is 40.1 Å². The van der Waals surface area contributed by atoms with Gasteiger partial charge in [-0.15, -0.1) is 0 Å². The van der Waals surface area contributed by atoms with Gasteiger partial charge in [0.2, 0.25) is 0 Å². The van der Waals surface area contributed by atoms with Crippen molar-refractivity contribution in [2.75, 3.05) is 0 Å². The molecular weight excluding hydrogens is 220 g/mol. The molecule has 2 nitrogen and oxygen atoms in total. The SMILES string of the molecule is O=S([O-])c1cccc2cc(Cl)ccc12. The fraction of sp³-hybridized carbons (Fsp3) is 0. The minimum atomic E-state index is -2.20. The molecule has 1 atom stereocenters. The first-order chi connectivity index (χ1) is 6.68. The summed E-state index contributed by atoms with van der Waals surface area (Å²) in [4.78, 5) is 0.305. The Kier molecular flexibility index (Phi) is 2.54. The lowest BCUT2D eigenvalue weighted by Gasteiger charge is -2.08. The molecule has 2 aromatic rings. The van der Waals surface area contributed by atoms with Gasteiger partial charge in [-0.1, -0.05) is 29.8 Å². The van der Waals surface area contributed by atoms with Gasteiger partial charge in [0.1, 0.15) is 0 Å². The lowest BCUT2D eigenvalue weighted by molar-refractivity contribution is 0.538. The van der Waals surface area contributed by atoms with E-state index in [1.807, 2.05) is 6.07 Å². The Hall–Kier alpha value is -0.900. The predicted octanol–water partition coefficient (Wildman–Crippen LogP) is 2.73. The molecule has 0 spiro atoms. The van der Waals surface area contributed by atoms with Crippen LogP contribution < -0.4 is 0 Å². The fourth-order valence-corrected chi connectivity index (χ4v) is 2.11. The standard InChI is InChI=1S/C10H7ClO2S/c11-8-4-5-9-7(6-8)2-1-3-10(9)14(12)13/h1-6H,(H,12,13)/p-1. The minimum Gasteiger partial charge on any atom is -0.768 e. The van der Waals surface area contributed by atoms with E-state index < -0.39 is 11.1 Å². The molecule has 4 heteroatoms. The highest BCUT2D eigenvalue weighted by Crippen LogP contribution is 2.24. The summed E-state index contributed by atoms with van der Waals surface area (Å²) in [5, 5.41) is 2.13. The van der Waals surface area contributed by atoms with E-state index >= 15 is 0 Å². The van der Waals surface area contributed by atoms with Crippen LogP contribution in [0.3, 0.4) is 0 Å². The smallest absolute Gasteiger partial charge is 0.0412 e. The van der Waals surface area contributed by atoms with Gasteiger partial charge in [-0.2, -0.15) is 0 Å². The molecular formula is C10H6ClO2S-. The molecule has 0 aliphatic rings. The summed E-state index contributed by atoms with van der Waals surface area (Å²) < 4.78 is 21.7. The number of halogens is 1. The molecule has 0 heterocycles. The van der Waals surface area contributed by atoms with Crippen LogP contribution in [-0.4, -0.2) is 8.76 Å². The zero-order chi connectivity index (χ0) is 10.1. The summed E-state index contributed by atoms with van der Waals surface area (Å²) in [6, 6.07) is 10.2. The first-order valence-electron chi connectivity index (χ1n) is 3.96. The molecule has 0 saturated heterocycles. The second-order valence-corrected chi connectivity index (χ2v) is 4.20. The normalized spacial score (nSPS) is 13.0. The van der Waals surface area contributed by atoms with Crippen LogP contribution in [0.5, 0.6) is 0 Å². The first kappa shape index (κ1) is 9.65. The van der Waals surface area contributed by atoms with Crippen LogP contribution in [0.2, 0.25) is 5.02 Å². The van der Waals surface area contributed by atoms with E-state index in [9.17, 15) is 8.76 Å². The van der Waals surface area contributed by atoms with Gasteiger partial charge in [0.25, 0.3) is 0 Å². The van der Waals surface area contributed by atoms with Crippen molar-refractivity contribution in [3.05, 3.63) is 41.4 Å². The molecule has 0 N–H and O–H groups in total. The van der Waals surface area contributed by atoms with Crippen molar-refractivity contribution in [2.45, 2.75) is 4.90 Å². The quantitative estimate of drug-likeness (QED) is 0.701.